The maximum atomic E-state index is 11.2. The molecule has 0 aromatic heterocycles. The molecule has 0 unspecified atom stereocenters. The predicted molar refractivity (Wildman–Crippen MR) is 42.4 cm³/mol. The molecule has 1 amide bonds. The van der Waals surface area contributed by atoms with Gasteiger partial charge in [-0.3, -0.25) is 9.59 Å². The van der Waals surface area contributed by atoms with Gasteiger partial charge in [-0.15, -0.1) is 0 Å². The van der Waals surface area contributed by atoms with Crippen molar-refractivity contribution in [1.29, 1.82) is 0 Å². The summed E-state index contributed by atoms with van der Waals surface area (Å²) in [6.45, 7) is 2.31. The van der Waals surface area contributed by atoms with Crippen molar-refractivity contribution in [3.63, 3.8) is 0 Å². The fraction of sp³-hybridized carbons (Fsp3) is 0.750. The van der Waals surface area contributed by atoms with Crippen LogP contribution in [0.3, 0.4) is 0 Å². The van der Waals surface area contributed by atoms with Gasteiger partial charge in [0.2, 0.25) is 5.91 Å². The van der Waals surface area contributed by atoms with Gasteiger partial charge in [0, 0.05) is 13.2 Å². The van der Waals surface area contributed by atoms with E-state index >= 15 is 0 Å². The van der Waals surface area contributed by atoms with Gasteiger partial charge in [-0.1, -0.05) is 0 Å². The van der Waals surface area contributed by atoms with Crippen LogP contribution < -0.4 is 5.73 Å². The van der Waals surface area contributed by atoms with Crippen LogP contribution in [0.1, 0.15) is 19.8 Å². The van der Waals surface area contributed by atoms with E-state index in [1.54, 1.807) is 0 Å². The smallest absolute Gasteiger partial charge is 0.231 e. The first-order valence-electron chi connectivity index (χ1n) is 3.98. The first-order valence-corrected chi connectivity index (χ1v) is 3.98. The van der Waals surface area contributed by atoms with Crippen molar-refractivity contribution in [3.05, 3.63) is 0 Å². The Balaban J connectivity index is 2.84. The van der Waals surface area contributed by atoms with Gasteiger partial charge in [0.05, 0.1) is 0 Å². The molecular weight excluding hydrogens is 158 g/mol. The Labute approximate surface area is 71.1 Å². The van der Waals surface area contributed by atoms with Gasteiger partial charge in [-0.05, 0) is 19.8 Å². The van der Waals surface area contributed by atoms with E-state index in [1.807, 2.05) is 0 Å². The van der Waals surface area contributed by atoms with Crippen LogP contribution in [0.5, 0.6) is 0 Å². The summed E-state index contributed by atoms with van der Waals surface area (Å²) in [5, 5.41) is 0. The van der Waals surface area contributed by atoms with Crippen molar-refractivity contribution < 1.29 is 14.3 Å². The fourth-order valence-electron chi connectivity index (χ4n) is 1.49. The van der Waals surface area contributed by atoms with Crippen LogP contribution in [0.4, 0.5) is 0 Å². The minimum atomic E-state index is -0.946. The zero-order valence-electron chi connectivity index (χ0n) is 7.13. The average molecular weight is 171 g/mol. The Bertz CT molecular complexity index is 190. The molecule has 1 fully saturated rings. The molecule has 0 radical (unpaired) electrons. The predicted octanol–water partition coefficient (Wildman–Crippen LogP) is -0.143. The van der Waals surface area contributed by atoms with E-state index in [9.17, 15) is 9.59 Å². The first-order chi connectivity index (χ1) is 5.59. The number of hydrogen-bond donors (Lipinski definition) is 1. The molecule has 0 saturated carbocycles. The summed E-state index contributed by atoms with van der Waals surface area (Å²) in [5.41, 5.74) is 4.24. The molecule has 4 nitrogen and oxygen atoms in total. The molecule has 0 aliphatic carbocycles. The Morgan fingerprint density at radius 1 is 1.33 bits per heavy atom. The van der Waals surface area contributed by atoms with E-state index in [-0.39, 0.29) is 5.78 Å². The molecule has 0 spiro atoms. The summed E-state index contributed by atoms with van der Waals surface area (Å²) >= 11 is 0. The molecule has 0 bridgehead atoms. The van der Waals surface area contributed by atoms with Crippen LogP contribution in [0.15, 0.2) is 0 Å². The number of hydrogen-bond acceptors (Lipinski definition) is 3. The third-order valence-electron chi connectivity index (χ3n) is 2.49. The lowest BCUT2D eigenvalue weighted by molar-refractivity contribution is -0.145. The van der Waals surface area contributed by atoms with Crippen LogP contribution in [0.25, 0.3) is 0 Å². The highest BCUT2D eigenvalue weighted by Gasteiger charge is 2.42. The van der Waals surface area contributed by atoms with Crippen molar-refractivity contribution in [2.24, 2.45) is 11.1 Å². The molecule has 1 aliphatic rings. The average Bonchev–Trinajstić information content (AvgIpc) is 2.05. The van der Waals surface area contributed by atoms with E-state index in [4.69, 9.17) is 10.5 Å². The molecule has 12 heavy (non-hydrogen) atoms. The number of rotatable bonds is 2. The second-order valence-corrected chi connectivity index (χ2v) is 3.11. The van der Waals surface area contributed by atoms with Gasteiger partial charge in [0.25, 0.3) is 0 Å². The number of nitrogens with two attached hydrogens (primary N) is 1. The Morgan fingerprint density at radius 3 is 2.08 bits per heavy atom. The van der Waals surface area contributed by atoms with Gasteiger partial charge in [0.15, 0.2) is 0 Å². The van der Waals surface area contributed by atoms with Crippen LogP contribution in [-0.2, 0) is 14.3 Å². The largest absolute Gasteiger partial charge is 0.381 e. The molecular formula is C8H13NO3. The van der Waals surface area contributed by atoms with E-state index in [1.165, 1.54) is 6.92 Å². The minimum absolute atomic E-state index is 0.140. The first kappa shape index (κ1) is 9.19. The Hall–Kier alpha value is -0.900. The molecule has 4 heteroatoms. The third-order valence-corrected chi connectivity index (χ3v) is 2.49. The second-order valence-electron chi connectivity index (χ2n) is 3.11. The van der Waals surface area contributed by atoms with E-state index < -0.39 is 11.3 Å². The molecule has 1 rings (SSSR count). The van der Waals surface area contributed by atoms with Crippen molar-refractivity contribution in [3.8, 4) is 0 Å². The summed E-state index contributed by atoms with van der Waals surface area (Å²) in [6, 6.07) is 0. The molecule has 0 aromatic carbocycles. The second kappa shape index (κ2) is 3.23. The van der Waals surface area contributed by atoms with Crippen LogP contribution in [-0.4, -0.2) is 24.9 Å². The molecule has 1 heterocycles. The summed E-state index contributed by atoms with van der Waals surface area (Å²) in [6.07, 6.45) is 0.856. The van der Waals surface area contributed by atoms with Crippen molar-refractivity contribution >= 4 is 11.7 Å². The van der Waals surface area contributed by atoms with Crippen molar-refractivity contribution in [2.45, 2.75) is 19.8 Å². The lowest BCUT2D eigenvalue weighted by Crippen LogP contribution is -2.46. The number of primary amides is 1. The zero-order valence-corrected chi connectivity index (χ0v) is 7.13. The maximum absolute atomic E-state index is 11.2. The van der Waals surface area contributed by atoms with Gasteiger partial charge in [-0.2, -0.15) is 0 Å². The van der Waals surface area contributed by atoms with Gasteiger partial charge < -0.3 is 10.5 Å². The topological polar surface area (TPSA) is 69.4 Å². The normalized spacial score (nSPS) is 21.8. The Kier molecular flexibility index (Phi) is 2.47. The van der Waals surface area contributed by atoms with Gasteiger partial charge in [-0.25, -0.2) is 0 Å². The summed E-state index contributed by atoms with van der Waals surface area (Å²) in [7, 11) is 0. The van der Waals surface area contributed by atoms with E-state index in [0.717, 1.165) is 0 Å². The quantitative estimate of drug-likeness (QED) is 0.588. The molecule has 0 atom stereocenters. The van der Waals surface area contributed by atoms with Crippen LogP contribution in [0, 0.1) is 5.41 Å². The lowest BCUT2D eigenvalue weighted by atomic mass is 9.76. The standard InChI is InChI=1S/C8H13NO3/c1-6(10)8(7(9)11)2-4-12-5-3-8/h2-5H2,1H3,(H2,9,11). The number of Topliss-reactive ketones (excluding diaryl/α,β-unsaturated/α-hetero) is 1. The molecule has 1 aliphatic heterocycles. The fourth-order valence-corrected chi connectivity index (χ4v) is 1.49. The lowest BCUT2D eigenvalue weighted by Gasteiger charge is -2.31. The third kappa shape index (κ3) is 1.34. The number of amides is 1. The minimum Gasteiger partial charge on any atom is -0.381 e. The SMILES string of the molecule is CC(=O)C1(C(N)=O)CCOCC1. The zero-order chi connectivity index (χ0) is 9.19. The molecule has 2 N–H and O–H groups in total. The van der Waals surface area contributed by atoms with Crippen LogP contribution in [0.2, 0.25) is 0 Å². The highest BCUT2D eigenvalue weighted by molar-refractivity contribution is 6.04. The highest BCUT2D eigenvalue weighted by Crippen LogP contribution is 2.30. The number of carbonyl (C=O) groups excluding carboxylic acids is 2. The Morgan fingerprint density at radius 2 is 1.83 bits per heavy atom. The number of carbonyl (C=O) groups is 2. The van der Waals surface area contributed by atoms with E-state index in [0.29, 0.717) is 26.1 Å². The van der Waals surface area contributed by atoms with Crippen LogP contribution >= 0.6 is 0 Å². The van der Waals surface area contributed by atoms with Crippen molar-refractivity contribution in [2.75, 3.05) is 13.2 Å². The maximum Gasteiger partial charge on any atom is 0.231 e. The highest BCUT2D eigenvalue weighted by atomic mass is 16.5. The molecule has 0 aromatic rings. The van der Waals surface area contributed by atoms with Gasteiger partial charge in [0.1, 0.15) is 11.2 Å². The number of ether oxygens (including phenoxy) is 1. The van der Waals surface area contributed by atoms with Crippen molar-refractivity contribution in [1.82, 2.24) is 0 Å². The van der Waals surface area contributed by atoms with E-state index in [2.05, 4.69) is 0 Å². The summed E-state index contributed by atoms with van der Waals surface area (Å²) in [5.74, 6) is -0.656. The monoisotopic (exact) mass is 171 g/mol. The molecule has 68 valence electrons. The summed E-state index contributed by atoms with van der Waals surface area (Å²) < 4.78 is 5.07. The number of ketones is 1. The summed E-state index contributed by atoms with van der Waals surface area (Å²) in [4.78, 5) is 22.3. The van der Waals surface area contributed by atoms with Gasteiger partial charge >= 0.3 is 0 Å². The molecule has 1 saturated heterocycles.